The SMILES string of the molecule is COC(=O)CC1c2ccccc2NC(C)(C)C(=O)N1OCc1ccccc1. The van der Waals surface area contributed by atoms with E-state index in [4.69, 9.17) is 9.57 Å². The lowest BCUT2D eigenvalue weighted by atomic mass is 10.0. The molecule has 0 aliphatic carbocycles. The fourth-order valence-corrected chi connectivity index (χ4v) is 3.14. The Balaban J connectivity index is 1.98. The van der Waals surface area contributed by atoms with Gasteiger partial charge >= 0.3 is 5.97 Å². The quantitative estimate of drug-likeness (QED) is 0.819. The number of nitrogens with zero attached hydrogens (tertiary/aromatic N) is 1. The fraction of sp³-hybridized carbons (Fsp3) is 0.333. The second-order valence-corrected chi connectivity index (χ2v) is 7.02. The number of carbonyl (C=O) groups is 2. The minimum Gasteiger partial charge on any atom is -0.469 e. The molecule has 3 rings (SSSR count). The maximum atomic E-state index is 13.2. The lowest BCUT2D eigenvalue weighted by Gasteiger charge is -2.32. The van der Waals surface area contributed by atoms with Crippen LogP contribution in [-0.2, 0) is 25.8 Å². The molecule has 0 fully saturated rings. The van der Waals surface area contributed by atoms with Gasteiger partial charge in [0.15, 0.2) is 0 Å². The highest BCUT2D eigenvalue weighted by Crippen LogP contribution is 2.37. The third-order valence-electron chi connectivity index (χ3n) is 4.59. The van der Waals surface area contributed by atoms with Crippen LogP contribution in [0.1, 0.15) is 37.4 Å². The number of benzene rings is 2. The molecular formula is C21H24N2O4. The van der Waals surface area contributed by atoms with E-state index in [1.54, 1.807) is 13.8 Å². The van der Waals surface area contributed by atoms with Crippen molar-refractivity contribution in [3.63, 3.8) is 0 Å². The maximum absolute atomic E-state index is 13.2. The molecule has 6 heteroatoms. The van der Waals surface area contributed by atoms with Gasteiger partial charge in [-0.05, 0) is 25.5 Å². The van der Waals surface area contributed by atoms with Crippen LogP contribution in [0, 0.1) is 0 Å². The lowest BCUT2D eigenvalue weighted by molar-refractivity contribution is -0.212. The van der Waals surface area contributed by atoms with E-state index in [2.05, 4.69) is 5.32 Å². The van der Waals surface area contributed by atoms with Crippen molar-refractivity contribution >= 4 is 17.6 Å². The molecule has 1 aliphatic heterocycles. The van der Waals surface area contributed by atoms with Crippen molar-refractivity contribution in [2.75, 3.05) is 12.4 Å². The van der Waals surface area contributed by atoms with Crippen molar-refractivity contribution in [1.29, 1.82) is 0 Å². The van der Waals surface area contributed by atoms with Gasteiger partial charge in [-0.2, -0.15) is 0 Å². The molecule has 1 amide bonds. The van der Waals surface area contributed by atoms with Crippen LogP contribution in [-0.4, -0.2) is 29.6 Å². The third kappa shape index (κ3) is 4.11. The first-order chi connectivity index (χ1) is 12.9. The summed E-state index contributed by atoms with van der Waals surface area (Å²) in [5, 5.41) is 4.60. The van der Waals surface area contributed by atoms with Gasteiger partial charge < -0.3 is 10.1 Å². The first-order valence-electron chi connectivity index (χ1n) is 8.87. The van der Waals surface area contributed by atoms with Crippen molar-refractivity contribution in [3.8, 4) is 0 Å². The largest absolute Gasteiger partial charge is 0.469 e. The maximum Gasteiger partial charge on any atom is 0.308 e. The smallest absolute Gasteiger partial charge is 0.308 e. The first kappa shape index (κ1) is 18.9. The average molecular weight is 368 g/mol. The van der Waals surface area contributed by atoms with Crippen molar-refractivity contribution in [1.82, 2.24) is 5.06 Å². The van der Waals surface area contributed by atoms with E-state index in [0.717, 1.165) is 16.8 Å². The van der Waals surface area contributed by atoms with Crippen molar-refractivity contribution in [2.24, 2.45) is 0 Å². The Kier molecular flexibility index (Phi) is 5.46. The topological polar surface area (TPSA) is 67.9 Å². The van der Waals surface area contributed by atoms with Crippen LogP contribution in [0.2, 0.25) is 0 Å². The molecule has 6 nitrogen and oxygen atoms in total. The van der Waals surface area contributed by atoms with Gasteiger partial charge in [0, 0.05) is 11.3 Å². The molecule has 0 saturated carbocycles. The normalized spacial score (nSPS) is 18.3. The van der Waals surface area contributed by atoms with Gasteiger partial charge in [-0.1, -0.05) is 48.5 Å². The number of para-hydroxylation sites is 1. The van der Waals surface area contributed by atoms with Crippen LogP contribution in [0.4, 0.5) is 5.69 Å². The summed E-state index contributed by atoms with van der Waals surface area (Å²) in [5.41, 5.74) is 1.66. The number of nitrogens with one attached hydrogen (secondary N) is 1. The molecule has 0 aromatic heterocycles. The van der Waals surface area contributed by atoms with Crippen LogP contribution < -0.4 is 5.32 Å². The highest BCUT2D eigenvalue weighted by molar-refractivity contribution is 5.90. The summed E-state index contributed by atoms with van der Waals surface area (Å²) < 4.78 is 4.85. The molecule has 0 bridgehead atoms. The minimum absolute atomic E-state index is 0.00576. The van der Waals surface area contributed by atoms with E-state index >= 15 is 0 Å². The molecule has 1 heterocycles. The Bertz CT molecular complexity index is 820. The highest BCUT2D eigenvalue weighted by atomic mass is 16.7. The number of amides is 1. The number of hydrogen-bond acceptors (Lipinski definition) is 5. The van der Waals surface area contributed by atoms with Crippen molar-refractivity contribution < 1.29 is 19.2 Å². The van der Waals surface area contributed by atoms with Gasteiger partial charge in [-0.15, -0.1) is 0 Å². The predicted octanol–water partition coefficient (Wildman–Crippen LogP) is 3.46. The molecular weight excluding hydrogens is 344 g/mol. The van der Waals surface area contributed by atoms with E-state index in [1.807, 2.05) is 54.6 Å². The van der Waals surface area contributed by atoms with Gasteiger partial charge in [0.05, 0.1) is 19.6 Å². The molecule has 0 saturated heterocycles. The second kappa shape index (κ2) is 7.80. The van der Waals surface area contributed by atoms with Crippen LogP contribution >= 0.6 is 0 Å². The summed E-state index contributed by atoms with van der Waals surface area (Å²) >= 11 is 0. The molecule has 1 N–H and O–H groups in total. The van der Waals surface area contributed by atoms with Crippen LogP contribution in [0.3, 0.4) is 0 Å². The van der Waals surface area contributed by atoms with E-state index < -0.39 is 17.6 Å². The molecule has 0 spiro atoms. The Morgan fingerprint density at radius 1 is 1.11 bits per heavy atom. The second-order valence-electron chi connectivity index (χ2n) is 7.02. The monoisotopic (exact) mass is 368 g/mol. The number of hydrogen-bond donors (Lipinski definition) is 1. The zero-order valence-electron chi connectivity index (χ0n) is 15.8. The van der Waals surface area contributed by atoms with Gasteiger partial charge in [0.1, 0.15) is 12.1 Å². The summed E-state index contributed by atoms with van der Waals surface area (Å²) in [6.07, 6.45) is 0.00576. The Hall–Kier alpha value is -2.86. The molecule has 142 valence electrons. The Morgan fingerprint density at radius 2 is 1.78 bits per heavy atom. The summed E-state index contributed by atoms with van der Waals surface area (Å²) in [4.78, 5) is 31.2. The summed E-state index contributed by atoms with van der Waals surface area (Å²) in [5.74, 6) is -0.654. The number of esters is 1. The van der Waals surface area contributed by atoms with E-state index in [0.29, 0.717) is 0 Å². The van der Waals surface area contributed by atoms with Gasteiger partial charge in [0.25, 0.3) is 5.91 Å². The number of hydroxylamine groups is 2. The Labute approximate surface area is 159 Å². The van der Waals surface area contributed by atoms with Gasteiger partial charge in [-0.25, -0.2) is 5.06 Å². The zero-order chi connectivity index (χ0) is 19.4. The molecule has 27 heavy (non-hydrogen) atoms. The predicted molar refractivity (Wildman–Crippen MR) is 102 cm³/mol. The molecule has 2 aromatic rings. The first-order valence-corrected chi connectivity index (χ1v) is 8.87. The van der Waals surface area contributed by atoms with Crippen LogP contribution in [0.25, 0.3) is 0 Å². The van der Waals surface area contributed by atoms with Crippen molar-refractivity contribution in [3.05, 3.63) is 65.7 Å². The van der Waals surface area contributed by atoms with Crippen LogP contribution in [0.5, 0.6) is 0 Å². The number of anilines is 1. The molecule has 2 aromatic carbocycles. The van der Waals surface area contributed by atoms with E-state index in [-0.39, 0.29) is 18.9 Å². The Morgan fingerprint density at radius 3 is 2.48 bits per heavy atom. The van der Waals surface area contributed by atoms with Gasteiger partial charge in [-0.3, -0.25) is 14.4 Å². The highest BCUT2D eigenvalue weighted by Gasteiger charge is 2.42. The van der Waals surface area contributed by atoms with Crippen molar-refractivity contribution in [2.45, 2.75) is 38.5 Å². The van der Waals surface area contributed by atoms with E-state index in [1.165, 1.54) is 12.2 Å². The number of carbonyl (C=O) groups excluding carboxylic acids is 2. The zero-order valence-corrected chi connectivity index (χ0v) is 15.8. The summed E-state index contributed by atoms with van der Waals surface area (Å²) in [6.45, 7) is 3.82. The number of rotatable bonds is 5. The van der Waals surface area contributed by atoms with E-state index in [9.17, 15) is 9.59 Å². The van der Waals surface area contributed by atoms with Gasteiger partial charge in [0.2, 0.25) is 0 Å². The molecule has 1 atom stereocenters. The summed E-state index contributed by atoms with van der Waals surface area (Å²) in [6, 6.07) is 16.6. The van der Waals surface area contributed by atoms with Crippen LogP contribution in [0.15, 0.2) is 54.6 Å². The lowest BCUT2D eigenvalue weighted by Crippen LogP contribution is -2.49. The fourth-order valence-electron chi connectivity index (χ4n) is 3.14. The minimum atomic E-state index is -0.891. The molecule has 1 unspecified atom stereocenters. The number of fused-ring (bicyclic) bond motifs is 1. The number of methoxy groups -OCH3 is 1. The number of ether oxygens (including phenoxy) is 1. The molecule has 1 aliphatic rings. The standard InChI is InChI=1S/C21H24N2O4/c1-21(2)20(25)23(27-14-15-9-5-4-6-10-15)18(13-19(24)26-3)16-11-7-8-12-17(16)22-21/h4-12,18,22H,13-14H2,1-3H3. The summed E-state index contributed by atoms with van der Waals surface area (Å²) in [7, 11) is 1.34. The third-order valence-corrected chi connectivity index (χ3v) is 4.59. The average Bonchev–Trinajstić information content (AvgIpc) is 2.74. The molecule has 0 radical (unpaired) electrons.